The molecule has 0 heterocycles. The third kappa shape index (κ3) is 5.37. The second-order valence-corrected chi connectivity index (χ2v) is 1.90. The first-order valence-corrected chi connectivity index (χ1v) is 2.62. The third-order valence-electron chi connectivity index (χ3n) is 0.650. The molecule has 0 aromatic rings. The van der Waals surface area contributed by atoms with E-state index in [0.29, 0.717) is 5.71 Å². The van der Waals surface area contributed by atoms with Crippen LogP contribution in [0.3, 0.4) is 0 Å². The van der Waals surface area contributed by atoms with Crippen molar-refractivity contribution in [2.45, 2.75) is 19.9 Å². The lowest BCUT2D eigenvalue weighted by Gasteiger charge is -1.91. The highest BCUT2D eigenvalue weighted by atomic mass is 14.6. The first kappa shape index (κ1) is 7.37. The molecule has 0 aromatic heterocycles. The average molecular weight is 112 g/mol. The van der Waals surface area contributed by atoms with Gasteiger partial charge in [0.2, 0.25) is 0 Å². The van der Waals surface area contributed by atoms with E-state index in [1.165, 1.54) is 0 Å². The van der Waals surface area contributed by atoms with E-state index in [4.69, 9.17) is 11.1 Å². The Morgan fingerprint density at radius 1 is 1.75 bits per heavy atom. The second kappa shape index (κ2) is 3.38. The maximum atomic E-state index is 6.95. The molecule has 2 heteroatoms. The SMILES string of the molecule is CC(=N)/C=C\C(C)N. The van der Waals surface area contributed by atoms with Gasteiger partial charge in [-0.2, -0.15) is 0 Å². The van der Waals surface area contributed by atoms with Gasteiger partial charge in [0.1, 0.15) is 0 Å². The molecule has 1 unspecified atom stereocenters. The molecule has 3 N–H and O–H groups in total. The van der Waals surface area contributed by atoms with Gasteiger partial charge in [-0.25, -0.2) is 0 Å². The van der Waals surface area contributed by atoms with Crippen LogP contribution in [0.25, 0.3) is 0 Å². The van der Waals surface area contributed by atoms with Crippen LogP contribution in [-0.4, -0.2) is 11.8 Å². The smallest absolute Gasteiger partial charge is 0.0280 e. The summed E-state index contributed by atoms with van der Waals surface area (Å²) in [6.07, 6.45) is 3.49. The predicted molar refractivity (Wildman–Crippen MR) is 36.2 cm³/mol. The number of rotatable bonds is 2. The van der Waals surface area contributed by atoms with Crippen LogP contribution in [0.4, 0.5) is 0 Å². The lowest BCUT2D eigenvalue weighted by Crippen LogP contribution is -2.10. The van der Waals surface area contributed by atoms with Crippen molar-refractivity contribution in [1.29, 1.82) is 5.41 Å². The van der Waals surface area contributed by atoms with Gasteiger partial charge in [-0.3, -0.25) is 0 Å². The largest absolute Gasteiger partial charge is 0.325 e. The van der Waals surface area contributed by atoms with Gasteiger partial charge in [0.15, 0.2) is 0 Å². The lowest BCUT2D eigenvalue weighted by atomic mass is 10.3. The number of allylic oxidation sites excluding steroid dienone is 1. The summed E-state index contributed by atoms with van der Waals surface area (Å²) in [6.45, 7) is 3.60. The fourth-order valence-electron chi connectivity index (χ4n) is 0.296. The van der Waals surface area contributed by atoms with Crippen LogP contribution in [0.1, 0.15) is 13.8 Å². The lowest BCUT2D eigenvalue weighted by molar-refractivity contribution is 0.927. The molecule has 0 aliphatic heterocycles. The molecule has 0 aromatic carbocycles. The second-order valence-electron chi connectivity index (χ2n) is 1.90. The molecule has 0 bridgehead atoms. The minimum Gasteiger partial charge on any atom is -0.325 e. The Morgan fingerprint density at radius 3 is 2.38 bits per heavy atom. The number of nitrogens with two attached hydrogens (primary N) is 1. The van der Waals surface area contributed by atoms with Gasteiger partial charge in [0.05, 0.1) is 0 Å². The van der Waals surface area contributed by atoms with Crippen LogP contribution in [-0.2, 0) is 0 Å². The molecule has 8 heavy (non-hydrogen) atoms. The predicted octanol–water partition coefficient (Wildman–Crippen LogP) is 0.929. The normalized spacial score (nSPS) is 14.4. The maximum absolute atomic E-state index is 6.95. The van der Waals surface area contributed by atoms with E-state index >= 15 is 0 Å². The number of hydrogen-bond acceptors (Lipinski definition) is 2. The van der Waals surface area contributed by atoms with Crippen LogP contribution in [0.5, 0.6) is 0 Å². The van der Waals surface area contributed by atoms with E-state index in [1.807, 2.05) is 6.92 Å². The van der Waals surface area contributed by atoms with Gasteiger partial charge in [0.25, 0.3) is 0 Å². The van der Waals surface area contributed by atoms with Gasteiger partial charge in [-0.15, -0.1) is 0 Å². The molecule has 0 rings (SSSR count). The molecular weight excluding hydrogens is 100 g/mol. The summed E-state index contributed by atoms with van der Waals surface area (Å²) < 4.78 is 0. The van der Waals surface area contributed by atoms with Gasteiger partial charge < -0.3 is 11.1 Å². The van der Waals surface area contributed by atoms with Gasteiger partial charge in [-0.1, -0.05) is 6.08 Å². The summed E-state index contributed by atoms with van der Waals surface area (Å²) in [4.78, 5) is 0. The van der Waals surface area contributed by atoms with E-state index in [9.17, 15) is 0 Å². The Morgan fingerprint density at radius 2 is 2.25 bits per heavy atom. The third-order valence-corrected chi connectivity index (χ3v) is 0.650. The van der Waals surface area contributed by atoms with Crippen molar-refractivity contribution in [2.75, 3.05) is 0 Å². The van der Waals surface area contributed by atoms with Crippen LogP contribution < -0.4 is 5.73 Å². The molecule has 0 aliphatic rings. The summed E-state index contributed by atoms with van der Waals surface area (Å²) in [5.41, 5.74) is 5.90. The molecule has 0 radical (unpaired) electrons. The summed E-state index contributed by atoms with van der Waals surface area (Å²) in [7, 11) is 0. The molecule has 0 fully saturated rings. The molecule has 0 saturated carbocycles. The molecule has 1 atom stereocenters. The first-order chi connectivity index (χ1) is 3.63. The highest BCUT2D eigenvalue weighted by Crippen LogP contribution is 1.79. The van der Waals surface area contributed by atoms with E-state index in [-0.39, 0.29) is 6.04 Å². The number of nitrogens with one attached hydrogen (secondary N) is 1. The van der Waals surface area contributed by atoms with Crippen molar-refractivity contribution in [1.82, 2.24) is 0 Å². The molecule has 2 nitrogen and oxygen atoms in total. The molecule has 46 valence electrons. The van der Waals surface area contributed by atoms with Gasteiger partial charge >= 0.3 is 0 Å². The minimum atomic E-state index is 0.0651. The van der Waals surface area contributed by atoms with Crippen molar-refractivity contribution in [3.05, 3.63) is 12.2 Å². The van der Waals surface area contributed by atoms with Crippen molar-refractivity contribution in [2.24, 2.45) is 5.73 Å². The van der Waals surface area contributed by atoms with E-state index in [0.717, 1.165) is 0 Å². The number of hydrogen-bond donors (Lipinski definition) is 2. The monoisotopic (exact) mass is 112 g/mol. The van der Waals surface area contributed by atoms with Crippen LogP contribution in [0, 0.1) is 5.41 Å². The Labute approximate surface area is 49.9 Å². The molecular formula is C6H12N2. The van der Waals surface area contributed by atoms with Crippen LogP contribution in [0.15, 0.2) is 12.2 Å². The molecule has 0 aliphatic carbocycles. The molecule has 0 saturated heterocycles. The minimum absolute atomic E-state index is 0.0651. The van der Waals surface area contributed by atoms with Crippen molar-refractivity contribution in [3.63, 3.8) is 0 Å². The highest BCUT2D eigenvalue weighted by molar-refractivity contribution is 5.89. The summed E-state index contributed by atoms with van der Waals surface area (Å²) in [6, 6.07) is 0.0651. The van der Waals surface area contributed by atoms with Crippen LogP contribution >= 0.6 is 0 Å². The zero-order valence-electron chi connectivity index (χ0n) is 5.31. The van der Waals surface area contributed by atoms with E-state index in [1.54, 1.807) is 19.1 Å². The molecule has 0 amide bonds. The Kier molecular flexibility index (Phi) is 3.12. The average Bonchev–Trinajstić information content (AvgIpc) is 1.61. The summed E-state index contributed by atoms with van der Waals surface area (Å²) in [5, 5.41) is 6.95. The van der Waals surface area contributed by atoms with Gasteiger partial charge in [-0.05, 0) is 19.9 Å². The van der Waals surface area contributed by atoms with E-state index in [2.05, 4.69) is 0 Å². The zero-order valence-corrected chi connectivity index (χ0v) is 5.31. The highest BCUT2D eigenvalue weighted by Gasteiger charge is 1.81. The van der Waals surface area contributed by atoms with Crippen LogP contribution in [0.2, 0.25) is 0 Å². The van der Waals surface area contributed by atoms with Gasteiger partial charge in [0, 0.05) is 11.8 Å². The van der Waals surface area contributed by atoms with Crippen molar-refractivity contribution >= 4 is 5.71 Å². The standard InChI is InChI=1S/C6H12N2/c1-5(7)3-4-6(2)8/h3-5,8H,7H2,1-2H3/b4-3-,8-6?. The maximum Gasteiger partial charge on any atom is 0.0280 e. The molecule has 0 spiro atoms. The fraction of sp³-hybridized carbons (Fsp3) is 0.500. The quantitative estimate of drug-likeness (QED) is 0.513. The topological polar surface area (TPSA) is 49.9 Å². The van der Waals surface area contributed by atoms with Crippen molar-refractivity contribution in [3.8, 4) is 0 Å². The Hall–Kier alpha value is -0.630. The first-order valence-electron chi connectivity index (χ1n) is 2.62. The fourth-order valence-corrected chi connectivity index (χ4v) is 0.296. The Balaban J connectivity index is 3.50. The Bertz CT molecular complexity index is 103. The van der Waals surface area contributed by atoms with E-state index < -0.39 is 0 Å². The van der Waals surface area contributed by atoms with Crippen molar-refractivity contribution < 1.29 is 0 Å². The zero-order chi connectivity index (χ0) is 6.57. The summed E-state index contributed by atoms with van der Waals surface area (Å²) >= 11 is 0. The summed E-state index contributed by atoms with van der Waals surface area (Å²) in [5.74, 6) is 0.